The summed E-state index contributed by atoms with van der Waals surface area (Å²) in [6, 6.07) is 6.87. The number of hydrogen-bond acceptors (Lipinski definition) is 2. The van der Waals surface area contributed by atoms with Gasteiger partial charge in [0.05, 0.1) is 18.4 Å². The summed E-state index contributed by atoms with van der Waals surface area (Å²) in [5.41, 5.74) is 5.98. The van der Waals surface area contributed by atoms with Gasteiger partial charge in [0.15, 0.2) is 8.22 Å². The minimum atomic E-state index is -0.991. The summed E-state index contributed by atoms with van der Waals surface area (Å²) in [5, 5.41) is 7.45. The Morgan fingerprint density at radius 1 is 0.824 bits per heavy atom. The van der Waals surface area contributed by atoms with Crippen LogP contribution in [0.3, 0.4) is 0 Å². The van der Waals surface area contributed by atoms with Crippen LogP contribution < -0.4 is 0 Å². The van der Waals surface area contributed by atoms with E-state index in [1.807, 2.05) is 0 Å². The summed E-state index contributed by atoms with van der Waals surface area (Å²) >= 11 is 0. The number of rotatable bonds is 5. The third-order valence-corrected chi connectivity index (χ3v) is 12.0. The van der Waals surface area contributed by atoms with Crippen LogP contribution in [-0.2, 0) is 0 Å². The van der Waals surface area contributed by atoms with Crippen molar-refractivity contribution in [2.24, 2.45) is 11.8 Å². The molecule has 1 aromatic carbocycles. The van der Waals surface area contributed by atoms with Crippen molar-refractivity contribution in [2.75, 3.05) is 13.1 Å². The molecule has 0 radical (unpaired) electrons. The van der Waals surface area contributed by atoms with Crippen LogP contribution in [0.1, 0.15) is 111 Å². The van der Waals surface area contributed by atoms with E-state index in [9.17, 15) is 0 Å². The molecule has 188 valence electrons. The van der Waals surface area contributed by atoms with E-state index in [0.29, 0.717) is 17.8 Å². The van der Waals surface area contributed by atoms with Crippen LogP contribution in [0.4, 0.5) is 5.69 Å². The Morgan fingerprint density at radius 3 is 1.74 bits per heavy atom. The van der Waals surface area contributed by atoms with Crippen molar-refractivity contribution in [2.45, 2.75) is 111 Å². The van der Waals surface area contributed by atoms with Gasteiger partial charge in [-0.15, -0.1) is 11.4 Å². The maximum absolute atomic E-state index is 5.69. The molecule has 2 aliphatic carbocycles. The fourth-order valence-corrected chi connectivity index (χ4v) is 10.2. The number of para-hydroxylation sites is 1. The Kier molecular flexibility index (Phi) is 9.14. The van der Waals surface area contributed by atoms with Crippen LogP contribution in [0, 0.1) is 53.6 Å². The van der Waals surface area contributed by atoms with Gasteiger partial charge in [-0.2, -0.15) is 9.34 Å². The zero-order valence-corrected chi connectivity index (χ0v) is 27.6. The van der Waals surface area contributed by atoms with E-state index >= 15 is 0 Å². The molecule has 34 heavy (non-hydrogen) atoms. The van der Waals surface area contributed by atoms with Gasteiger partial charge in [0.2, 0.25) is 0 Å². The third kappa shape index (κ3) is 5.51. The topological polar surface area (TPSA) is 20.6 Å². The molecule has 2 atom stereocenters. The molecule has 5 heteroatoms. The maximum atomic E-state index is 5.69. The Hall–Kier alpha value is 0.487. The van der Waals surface area contributed by atoms with Gasteiger partial charge in [-0.3, -0.25) is 0 Å². The van der Waals surface area contributed by atoms with E-state index in [4.69, 9.17) is 5.32 Å². The summed E-state index contributed by atoms with van der Waals surface area (Å²) < 4.78 is 5.73. The van der Waals surface area contributed by atoms with Crippen LogP contribution in [0.25, 0.3) is 5.32 Å². The normalized spacial score (nSPS) is 24.6. The fourth-order valence-electron chi connectivity index (χ4n) is 6.29. The Bertz CT molecular complexity index is 861. The second-order valence-electron chi connectivity index (χ2n) is 13.2. The van der Waals surface area contributed by atoms with Crippen molar-refractivity contribution < 1.29 is 41.7 Å². The quantitative estimate of drug-likeness (QED) is 0.311. The molecular weight excluding hydrogens is 561 g/mol. The predicted molar refractivity (Wildman–Crippen MR) is 147 cm³/mol. The second kappa shape index (κ2) is 10.7. The van der Waals surface area contributed by atoms with E-state index in [1.165, 1.54) is 54.9 Å². The maximum Gasteiger partial charge on any atom is 0.168 e. The number of fused-ring (bicyclic) bond motifs is 2. The van der Waals surface area contributed by atoms with E-state index in [0.717, 1.165) is 5.92 Å². The predicted octanol–water partition coefficient (Wildman–Crippen LogP) is 8.84. The molecule has 1 aliphatic heterocycles. The molecular formula is C29H48CeN3P. The summed E-state index contributed by atoms with van der Waals surface area (Å²) in [7, 11) is -0.991. The number of allylic oxidation sites excluding steroid dienone is 2. The van der Waals surface area contributed by atoms with Crippen molar-refractivity contribution in [1.29, 1.82) is 0 Å². The first-order valence-electron chi connectivity index (χ1n) is 13.3. The van der Waals surface area contributed by atoms with Crippen molar-refractivity contribution in [1.82, 2.24) is 9.34 Å². The van der Waals surface area contributed by atoms with Gasteiger partial charge in [-0.1, -0.05) is 57.0 Å². The molecule has 4 rings (SSSR count). The first-order valence-corrected chi connectivity index (χ1v) is 14.7. The molecule has 0 spiro atoms. The summed E-state index contributed by atoms with van der Waals surface area (Å²) in [6.07, 6.45) is 4.03. The average molecular weight is 610 g/mol. The number of hydrogen-bond donors (Lipinski definition) is 0. The Balaban J connectivity index is 0.00000324. The minimum Gasteiger partial charge on any atom is -0.658 e. The molecule has 0 amide bonds. The molecule has 3 nitrogen and oxygen atoms in total. The van der Waals surface area contributed by atoms with E-state index in [-0.39, 0.29) is 52.8 Å². The van der Waals surface area contributed by atoms with Crippen LogP contribution in [0.2, 0.25) is 0 Å². The van der Waals surface area contributed by atoms with E-state index in [1.54, 1.807) is 5.31 Å². The van der Waals surface area contributed by atoms with Crippen molar-refractivity contribution in [3.8, 4) is 0 Å². The van der Waals surface area contributed by atoms with E-state index < -0.39 is 8.22 Å². The van der Waals surface area contributed by atoms with Gasteiger partial charge in [-0.25, -0.2) is 0 Å². The summed E-state index contributed by atoms with van der Waals surface area (Å²) in [4.78, 5) is 0. The third-order valence-electron chi connectivity index (χ3n) is 8.00. The van der Waals surface area contributed by atoms with E-state index in [2.05, 4.69) is 96.8 Å². The monoisotopic (exact) mass is 609 g/mol. The molecule has 2 bridgehead atoms. The van der Waals surface area contributed by atoms with Gasteiger partial charge in [0.25, 0.3) is 0 Å². The smallest absolute Gasteiger partial charge is 0.168 e. The molecule has 0 unspecified atom stereocenters. The largest absolute Gasteiger partial charge is 0.658 e. The molecule has 1 saturated carbocycles. The molecule has 0 aromatic heterocycles. The second-order valence-corrected chi connectivity index (χ2v) is 15.4. The van der Waals surface area contributed by atoms with Gasteiger partial charge >= 0.3 is 0 Å². The zero-order valence-electron chi connectivity index (χ0n) is 23.4. The minimum absolute atomic E-state index is 0. The van der Waals surface area contributed by atoms with Gasteiger partial charge in [0, 0.05) is 58.7 Å². The molecule has 0 N–H and O–H groups in total. The summed E-state index contributed by atoms with van der Waals surface area (Å²) in [5.74, 6) is 2.38. The van der Waals surface area contributed by atoms with Gasteiger partial charge < -0.3 is 5.32 Å². The van der Waals surface area contributed by atoms with Crippen molar-refractivity contribution in [3.05, 3.63) is 45.7 Å². The molecule has 1 aromatic rings. The SMILES string of the molecule is CC(C)c1cccc(C(C)C)c1[N-]C1=C([PH+]2N(C(C)(C)C)CCN2C(C)(C)C)[C@H]2CC[C@@H]1C2.[Ce]. The Labute approximate surface area is 245 Å². The first-order chi connectivity index (χ1) is 15.3. The summed E-state index contributed by atoms with van der Waals surface area (Å²) in [6.45, 7) is 26.1. The van der Waals surface area contributed by atoms with Gasteiger partial charge in [0.1, 0.15) is 0 Å². The van der Waals surface area contributed by atoms with Crippen LogP contribution >= 0.6 is 8.22 Å². The molecule has 1 heterocycles. The standard InChI is InChI=1S/C29H47N3P.Ce/c1-19(2)23-12-11-13-24(20(3)4)26(23)30-25-21-14-15-22(18-21)27(25)33-31(28(5,6)7)16-17-32(33)29(8,9)10;/h11-13,19-22H,14-18H2,1-10H3;/q-1;/p+1/t21-,22+;/m1./s1. The molecule has 3 aliphatic rings. The average Bonchev–Trinajstić information content (AvgIpc) is 3.41. The molecule has 1 saturated heterocycles. The van der Waals surface area contributed by atoms with Gasteiger partial charge in [-0.05, 0) is 78.6 Å². The first kappa shape index (κ1) is 29.0. The molecule has 2 fully saturated rings. The van der Waals surface area contributed by atoms with Crippen LogP contribution in [0.5, 0.6) is 0 Å². The van der Waals surface area contributed by atoms with Crippen LogP contribution in [0.15, 0.2) is 29.2 Å². The number of nitrogens with zero attached hydrogens (tertiary/aromatic N) is 3. The Morgan fingerprint density at radius 2 is 1.29 bits per heavy atom. The van der Waals surface area contributed by atoms with Crippen molar-refractivity contribution in [3.63, 3.8) is 0 Å². The fraction of sp³-hybridized carbons (Fsp3) is 0.724. The van der Waals surface area contributed by atoms with Crippen molar-refractivity contribution >= 4 is 13.9 Å². The van der Waals surface area contributed by atoms with Crippen LogP contribution in [-0.4, -0.2) is 33.5 Å². The zero-order chi connectivity index (χ0) is 24.3. The number of benzene rings is 1.